The van der Waals surface area contributed by atoms with Crippen LogP contribution < -0.4 is 5.32 Å². The van der Waals surface area contributed by atoms with Crippen LogP contribution >= 0.6 is 0 Å². The lowest BCUT2D eigenvalue weighted by Crippen LogP contribution is -2.47. The Hall–Kier alpha value is -1.35. The SMILES string of the molecule is Cc1cccc(CC2(C(=O)O)CCCNC2)c1. The number of nitrogens with one attached hydrogen (secondary N) is 1. The zero-order valence-electron chi connectivity index (χ0n) is 10.2. The molecule has 0 bridgehead atoms. The second kappa shape index (κ2) is 4.88. The Bertz CT molecular complexity index is 408. The van der Waals surface area contributed by atoms with Crippen molar-refractivity contribution >= 4 is 5.97 Å². The highest BCUT2D eigenvalue weighted by Gasteiger charge is 2.39. The zero-order chi connectivity index (χ0) is 12.3. The predicted octanol–water partition coefficient (Wildman–Crippen LogP) is 1.99. The second-order valence-corrected chi connectivity index (χ2v) is 5.03. The van der Waals surface area contributed by atoms with Crippen LogP contribution in [0, 0.1) is 12.3 Å². The lowest BCUT2D eigenvalue weighted by atomic mass is 9.75. The van der Waals surface area contributed by atoms with Crippen molar-refractivity contribution in [3.05, 3.63) is 35.4 Å². The van der Waals surface area contributed by atoms with Crippen LogP contribution in [0.2, 0.25) is 0 Å². The summed E-state index contributed by atoms with van der Waals surface area (Å²) in [6, 6.07) is 8.14. The summed E-state index contributed by atoms with van der Waals surface area (Å²) in [6.45, 7) is 3.55. The standard InChI is InChI=1S/C14H19NO2/c1-11-4-2-5-12(8-11)9-14(13(16)17)6-3-7-15-10-14/h2,4-5,8,15H,3,6-7,9-10H2,1H3,(H,16,17). The summed E-state index contributed by atoms with van der Waals surface area (Å²) >= 11 is 0. The van der Waals surface area contributed by atoms with Crippen molar-refractivity contribution in [1.29, 1.82) is 0 Å². The minimum absolute atomic E-state index is 0.580. The molecule has 0 radical (unpaired) electrons. The maximum atomic E-state index is 11.5. The molecule has 0 aliphatic carbocycles. The van der Waals surface area contributed by atoms with Crippen molar-refractivity contribution in [2.45, 2.75) is 26.2 Å². The summed E-state index contributed by atoms with van der Waals surface area (Å²) in [7, 11) is 0. The summed E-state index contributed by atoms with van der Waals surface area (Å²) in [5.41, 5.74) is 1.69. The van der Waals surface area contributed by atoms with E-state index in [9.17, 15) is 9.90 Å². The number of benzene rings is 1. The third-order valence-corrected chi connectivity index (χ3v) is 3.55. The normalized spacial score (nSPS) is 24.5. The number of carboxylic acids is 1. The number of rotatable bonds is 3. The first-order chi connectivity index (χ1) is 8.12. The van der Waals surface area contributed by atoms with Gasteiger partial charge in [-0.05, 0) is 38.3 Å². The molecular formula is C14H19NO2. The van der Waals surface area contributed by atoms with E-state index in [0.717, 1.165) is 24.9 Å². The Labute approximate surface area is 102 Å². The molecule has 17 heavy (non-hydrogen) atoms. The molecule has 1 aromatic rings. The average molecular weight is 233 g/mol. The van der Waals surface area contributed by atoms with Crippen LogP contribution in [0.25, 0.3) is 0 Å². The van der Waals surface area contributed by atoms with Gasteiger partial charge in [0.15, 0.2) is 0 Å². The van der Waals surface area contributed by atoms with Crippen molar-refractivity contribution in [2.24, 2.45) is 5.41 Å². The Morgan fingerprint density at radius 2 is 2.35 bits per heavy atom. The maximum Gasteiger partial charge on any atom is 0.311 e. The zero-order valence-corrected chi connectivity index (χ0v) is 10.2. The fourth-order valence-electron chi connectivity index (χ4n) is 2.59. The number of carboxylic acid groups (broad SMARTS) is 1. The highest BCUT2D eigenvalue weighted by molar-refractivity contribution is 5.75. The van der Waals surface area contributed by atoms with Crippen molar-refractivity contribution in [2.75, 3.05) is 13.1 Å². The molecule has 1 unspecified atom stereocenters. The van der Waals surface area contributed by atoms with Crippen LogP contribution in [0.15, 0.2) is 24.3 Å². The maximum absolute atomic E-state index is 11.5. The summed E-state index contributed by atoms with van der Waals surface area (Å²) in [5, 5.41) is 12.7. The Morgan fingerprint density at radius 1 is 1.53 bits per heavy atom. The van der Waals surface area contributed by atoms with Gasteiger partial charge in [-0.3, -0.25) is 4.79 Å². The number of hydrogen-bond acceptors (Lipinski definition) is 2. The van der Waals surface area contributed by atoms with E-state index in [1.807, 2.05) is 25.1 Å². The number of hydrogen-bond donors (Lipinski definition) is 2. The van der Waals surface area contributed by atoms with Crippen molar-refractivity contribution in [3.63, 3.8) is 0 Å². The van der Waals surface area contributed by atoms with E-state index >= 15 is 0 Å². The third-order valence-electron chi connectivity index (χ3n) is 3.55. The van der Waals surface area contributed by atoms with E-state index in [0.29, 0.717) is 13.0 Å². The second-order valence-electron chi connectivity index (χ2n) is 5.03. The molecule has 2 N–H and O–H groups in total. The van der Waals surface area contributed by atoms with Crippen LogP contribution in [-0.2, 0) is 11.2 Å². The Balaban J connectivity index is 2.20. The van der Waals surface area contributed by atoms with E-state index in [4.69, 9.17) is 0 Å². The van der Waals surface area contributed by atoms with Crippen molar-refractivity contribution in [1.82, 2.24) is 5.32 Å². The first-order valence-electron chi connectivity index (χ1n) is 6.12. The van der Waals surface area contributed by atoms with Gasteiger partial charge in [-0.1, -0.05) is 29.8 Å². The molecule has 0 aromatic heterocycles. The minimum Gasteiger partial charge on any atom is -0.481 e. The molecule has 1 saturated heterocycles. The van der Waals surface area contributed by atoms with Crippen LogP contribution in [0.5, 0.6) is 0 Å². The van der Waals surface area contributed by atoms with Gasteiger partial charge in [0.1, 0.15) is 0 Å². The predicted molar refractivity (Wildman–Crippen MR) is 67.1 cm³/mol. The molecule has 1 aliphatic rings. The fourth-order valence-corrected chi connectivity index (χ4v) is 2.59. The molecule has 1 heterocycles. The molecule has 1 atom stereocenters. The van der Waals surface area contributed by atoms with Gasteiger partial charge in [0.25, 0.3) is 0 Å². The molecule has 1 aromatic carbocycles. The topological polar surface area (TPSA) is 49.3 Å². The van der Waals surface area contributed by atoms with Gasteiger partial charge in [-0.2, -0.15) is 0 Å². The van der Waals surface area contributed by atoms with E-state index in [1.165, 1.54) is 5.56 Å². The summed E-state index contributed by atoms with van der Waals surface area (Å²) < 4.78 is 0. The van der Waals surface area contributed by atoms with Crippen molar-refractivity contribution in [3.8, 4) is 0 Å². The largest absolute Gasteiger partial charge is 0.481 e. The summed E-state index contributed by atoms with van der Waals surface area (Å²) in [5.74, 6) is -0.675. The summed E-state index contributed by atoms with van der Waals surface area (Å²) in [6.07, 6.45) is 2.33. The van der Waals surface area contributed by atoms with E-state index in [-0.39, 0.29) is 0 Å². The molecule has 0 saturated carbocycles. The molecular weight excluding hydrogens is 214 g/mol. The number of carbonyl (C=O) groups is 1. The molecule has 92 valence electrons. The van der Waals surface area contributed by atoms with Gasteiger partial charge in [-0.15, -0.1) is 0 Å². The van der Waals surface area contributed by atoms with E-state index < -0.39 is 11.4 Å². The quantitative estimate of drug-likeness (QED) is 0.839. The minimum atomic E-state index is -0.675. The van der Waals surface area contributed by atoms with Gasteiger partial charge in [0.05, 0.1) is 5.41 Å². The molecule has 1 aliphatic heterocycles. The molecule has 0 spiro atoms. The van der Waals surface area contributed by atoms with Crippen LogP contribution in [0.1, 0.15) is 24.0 Å². The van der Waals surface area contributed by atoms with Crippen LogP contribution in [-0.4, -0.2) is 24.2 Å². The van der Waals surface area contributed by atoms with E-state index in [2.05, 4.69) is 11.4 Å². The highest BCUT2D eigenvalue weighted by Crippen LogP contribution is 2.31. The first kappa shape index (κ1) is 12.1. The van der Waals surface area contributed by atoms with Crippen LogP contribution in [0.3, 0.4) is 0 Å². The monoisotopic (exact) mass is 233 g/mol. The lowest BCUT2D eigenvalue weighted by molar-refractivity contribution is -0.150. The van der Waals surface area contributed by atoms with Gasteiger partial charge in [0.2, 0.25) is 0 Å². The molecule has 2 rings (SSSR count). The fraction of sp³-hybridized carbons (Fsp3) is 0.500. The average Bonchev–Trinajstić information content (AvgIpc) is 2.30. The Kier molecular flexibility index (Phi) is 3.48. The molecule has 1 fully saturated rings. The Morgan fingerprint density at radius 3 is 2.94 bits per heavy atom. The van der Waals surface area contributed by atoms with Crippen LogP contribution in [0.4, 0.5) is 0 Å². The van der Waals surface area contributed by atoms with Gasteiger partial charge in [0, 0.05) is 6.54 Å². The first-order valence-corrected chi connectivity index (χ1v) is 6.12. The summed E-state index contributed by atoms with van der Waals surface area (Å²) in [4.78, 5) is 11.5. The van der Waals surface area contributed by atoms with E-state index in [1.54, 1.807) is 0 Å². The third kappa shape index (κ3) is 2.67. The number of aryl methyl sites for hydroxylation is 1. The van der Waals surface area contributed by atoms with Gasteiger partial charge < -0.3 is 10.4 Å². The molecule has 0 amide bonds. The lowest BCUT2D eigenvalue weighted by Gasteiger charge is -2.33. The van der Waals surface area contributed by atoms with Gasteiger partial charge >= 0.3 is 5.97 Å². The van der Waals surface area contributed by atoms with Gasteiger partial charge in [-0.25, -0.2) is 0 Å². The highest BCUT2D eigenvalue weighted by atomic mass is 16.4. The van der Waals surface area contributed by atoms with Crippen molar-refractivity contribution < 1.29 is 9.90 Å². The number of piperidine rings is 1. The molecule has 3 heteroatoms. The smallest absolute Gasteiger partial charge is 0.311 e. The number of aliphatic carboxylic acids is 1. The molecule has 3 nitrogen and oxygen atoms in total.